The summed E-state index contributed by atoms with van der Waals surface area (Å²) in [5.74, 6) is 2.01. The number of rotatable bonds is 0. The van der Waals surface area contributed by atoms with Crippen LogP contribution in [-0.2, 0) is 0 Å². The van der Waals surface area contributed by atoms with Gasteiger partial charge in [0, 0.05) is 13.1 Å². The molecule has 0 aromatic rings. The summed E-state index contributed by atoms with van der Waals surface area (Å²) >= 11 is 0. The molecule has 0 aromatic heterocycles. The quantitative estimate of drug-likeness (QED) is 0.557. The van der Waals surface area contributed by atoms with E-state index >= 15 is 0 Å². The smallest absolute Gasteiger partial charge is 0.00103 e. The standard InChI is InChI=1S/C11H22N2/c1-12-6-3-4-10-8-13(2)9-11(10)5-7-12/h10-11H,3-9H2,1-2H3. The highest BCUT2D eigenvalue weighted by molar-refractivity contribution is 4.84. The maximum atomic E-state index is 2.51. The highest BCUT2D eigenvalue weighted by Crippen LogP contribution is 2.30. The fraction of sp³-hybridized carbons (Fsp3) is 1.00. The van der Waals surface area contributed by atoms with Crippen molar-refractivity contribution in [3.8, 4) is 0 Å². The predicted octanol–water partition coefficient (Wildman–Crippen LogP) is 1.28. The minimum atomic E-state index is 0.993. The summed E-state index contributed by atoms with van der Waals surface area (Å²) in [4.78, 5) is 5.01. The molecule has 0 aromatic carbocycles. The zero-order valence-electron chi connectivity index (χ0n) is 9.00. The molecule has 2 saturated heterocycles. The molecule has 13 heavy (non-hydrogen) atoms. The van der Waals surface area contributed by atoms with E-state index in [1.807, 2.05) is 0 Å². The number of hydrogen-bond donors (Lipinski definition) is 0. The van der Waals surface area contributed by atoms with Gasteiger partial charge in [-0.15, -0.1) is 0 Å². The minimum Gasteiger partial charge on any atom is -0.306 e. The van der Waals surface area contributed by atoms with Crippen molar-refractivity contribution in [3.63, 3.8) is 0 Å². The lowest BCUT2D eigenvalue weighted by atomic mass is 9.88. The predicted molar refractivity (Wildman–Crippen MR) is 55.8 cm³/mol. The van der Waals surface area contributed by atoms with E-state index < -0.39 is 0 Å². The highest BCUT2D eigenvalue weighted by atomic mass is 15.1. The summed E-state index contributed by atoms with van der Waals surface area (Å²) in [6.07, 6.45) is 4.29. The van der Waals surface area contributed by atoms with E-state index in [9.17, 15) is 0 Å². The molecule has 0 bridgehead atoms. The van der Waals surface area contributed by atoms with Crippen molar-refractivity contribution in [2.24, 2.45) is 11.8 Å². The Kier molecular flexibility index (Phi) is 2.89. The zero-order chi connectivity index (χ0) is 9.26. The van der Waals surface area contributed by atoms with Gasteiger partial charge in [-0.3, -0.25) is 0 Å². The van der Waals surface area contributed by atoms with Gasteiger partial charge in [-0.2, -0.15) is 0 Å². The molecule has 2 heteroatoms. The first-order valence-electron chi connectivity index (χ1n) is 5.63. The van der Waals surface area contributed by atoms with Gasteiger partial charge in [-0.25, -0.2) is 0 Å². The summed E-state index contributed by atoms with van der Waals surface area (Å²) in [7, 11) is 4.54. The monoisotopic (exact) mass is 182 g/mol. The molecule has 2 nitrogen and oxygen atoms in total. The van der Waals surface area contributed by atoms with Crippen LogP contribution in [0, 0.1) is 11.8 Å². The molecule has 0 spiro atoms. The zero-order valence-corrected chi connectivity index (χ0v) is 9.00. The van der Waals surface area contributed by atoms with Gasteiger partial charge >= 0.3 is 0 Å². The summed E-state index contributed by atoms with van der Waals surface area (Å²) in [5, 5.41) is 0. The Hall–Kier alpha value is -0.0800. The summed E-state index contributed by atoms with van der Waals surface area (Å²) < 4.78 is 0. The first kappa shape index (κ1) is 9.47. The Labute approximate surface area is 81.9 Å². The van der Waals surface area contributed by atoms with Crippen LogP contribution in [0.2, 0.25) is 0 Å². The van der Waals surface area contributed by atoms with Crippen molar-refractivity contribution in [2.45, 2.75) is 19.3 Å². The molecular formula is C11H22N2. The molecule has 0 saturated carbocycles. The second-order valence-corrected chi connectivity index (χ2v) is 4.98. The molecule has 0 aliphatic carbocycles. The van der Waals surface area contributed by atoms with E-state index in [0.717, 1.165) is 11.8 Å². The molecule has 0 amide bonds. The number of fused-ring (bicyclic) bond motifs is 1. The van der Waals surface area contributed by atoms with Crippen molar-refractivity contribution < 1.29 is 0 Å². The van der Waals surface area contributed by atoms with Crippen molar-refractivity contribution >= 4 is 0 Å². The Bertz CT molecular complexity index is 169. The van der Waals surface area contributed by atoms with E-state index in [1.54, 1.807) is 0 Å². The molecule has 0 N–H and O–H groups in total. The third kappa shape index (κ3) is 2.23. The van der Waals surface area contributed by atoms with Crippen LogP contribution in [-0.4, -0.2) is 50.1 Å². The van der Waals surface area contributed by atoms with E-state index in [0.29, 0.717) is 0 Å². The first-order chi connectivity index (χ1) is 6.25. The molecule has 2 aliphatic rings. The minimum absolute atomic E-state index is 0.993. The molecule has 2 heterocycles. The van der Waals surface area contributed by atoms with Crippen LogP contribution in [0.4, 0.5) is 0 Å². The second-order valence-electron chi connectivity index (χ2n) is 4.98. The van der Waals surface area contributed by atoms with Gasteiger partial charge in [0.05, 0.1) is 0 Å². The molecular weight excluding hydrogens is 160 g/mol. The Morgan fingerprint density at radius 3 is 2.31 bits per heavy atom. The van der Waals surface area contributed by atoms with Crippen LogP contribution in [0.3, 0.4) is 0 Å². The van der Waals surface area contributed by atoms with Gasteiger partial charge in [0.2, 0.25) is 0 Å². The molecule has 2 aliphatic heterocycles. The number of hydrogen-bond acceptors (Lipinski definition) is 2. The van der Waals surface area contributed by atoms with Crippen molar-refractivity contribution in [3.05, 3.63) is 0 Å². The number of nitrogens with zero attached hydrogens (tertiary/aromatic N) is 2. The van der Waals surface area contributed by atoms with Crippen LogP contribution < -0.4 is 0 Å². The third-order valence-corrected chi connectivity index (χ3v) is 3.76. The first-order valence-corrected chi connectivity index (χ1v) is 5.63. The average molecular weight is 182 g/mol. The third-order valence-electron chi connectivity index (χ3n) is 3.76. The van der Waals surface area contributed by atoms with Crippen LogP contribution in [0.5, 0.6) is 0 Å². The van der Waals surface area contributed by atoms with Crippen LogP contribution in [0.15, 0.2) is 0 Å². The Morgan fingerprint density at radius 2 is 1.54 bits per heavy atom. The van der Waals surface area contributed by atoms with Gasteiger partial charge in [-0.05, 0) is 58.3 Å². The van der Waals surface area contributed by atoms with Crippen LogP contribution in [0.25, 0.3) is 0 Å². The normalized spacial score (nSPS) is 38.3. The maximum Gasteiger partial charge on any atom is 0.00103 e. The summed E-state index contributed by atoms with van der Waals surface area (Å²) in [6.45, 7) is 5.33. The average Bonchev–Trinajstić information content (AvgIpc) is 2.40. The van der Waals surface area contributed by atoms with Crippen molar-refractivity contribution in [1.82, 2.24) is 9.80 Å². The Balaban J connectivity index is 1.92. The molecule has 2 rings (SSSR count). The molecule has 76 valence electrons. The van der Waals surface area contributed by atoms with E-state index in [-0.39, 0.29) is 0 Å². The lowest BCUT2D eigenvalue weighted by molar-refractivity contribution is 0.233. The molecule has 2 fully saturated rings. The van der Waals surface area contributed by atoms with Crippen molar-refractivity contribution in [2.75, 3.05) is 40.3 Å². The second kappa shape index (κ2) is 3.97. The lowest BCUT2D eigenvalue weighted by Gasteiger charge is -2.26. The van der Waals surface area contributed by atoms with Gasteiger partial charge in [0.15, 0.2) is 0 Å². The van der Waals surface area contributed by atoms with Crippen LogP contribution >= 0.6 is 0 Å². The SMILES string of the molecule is CN1CCCC2CN(C)CC2CC1. The van der Waals surface area contributed by atoms with Gasteiger partial charge in [0.25, 0.3) is 0 Å². The highest BCUT2D eigenvalue weighted by Gasteiger charge is 2.31. The largest absolute Gasteiger partial charge is 0.306 e. The van der Waals surface area contributed by atoms with E-state index in [2.05, 4.69) is 23.9 Å². The summed E-state index contributed by atoms with van der Waals surface area (Å²) in [6, 6.07) is 0. The molecule has 0 radical (unpaired) electrons. The van der Waals surface area contributed by atoms with Gasteiger partial charge in [0.1, 0.15) is 0 Å². The molecule has 2 unspecified atom stereocenters. The molecule has 2 atom stereocenters. The van der Waals surface area contributed by atoms with E-state index in [1.165, 1.54) is 45.4 Å². The fourth-order valence-corrected chi connectivity index (χ4v) is 2.95. The lowest BCUT2D eigenvalue weighted by Crippen LogP contribution is -2.28. The van der Waals surface area contributed by atoms with Crippen molar-refractivity contribution in [1.29, 1.82) is 0 Å². The summed E-state index contributed by atoms with van der Waals surface area (Å²) in [5.41, 5.74) is 0. The van der Waals surface area contributed by atoms with Gasteiger partial charge < -0.3 is 9.80 Å². The number of likely N-dealkylation sites (tertiary alicyclic amines) is 2. The van der Waals surface area contributed by atoms with Crippen LogP contribution in [0.1, 0.15) is 19.3 Å². The fourth-order valence-electron chi connectivity index (χ4n) is 2.95. The Morgan fingerprint density at radius 1 is 0.846 bits per heavy atom. The van der Waals surface area contributed by atoms with Gasteiger partial charge in [-0.1, -0.05) is 0 Å². The topological polar surface area (TPSA) is 6.48 Å². The van der Waals surface area contributed by atoms with E-state index in [4.69, 9.17) is 0 Å². The maximum absolute atomic E-state index is 2.51.